The second kappa shape index (κ2) is 4.97. The zero-order valence-electron chi connectivity index (χ0n) is 10.7. The van der Waals surface area contributed by atoms with E-state index in [1.165, 1.54) is 10.5 Å². The molecule has 3 aromatic rings. The average molecular weight is 269 g/mol. The van der Waals surface area contributed by atoms with Crippen LogP contribution in [-0.4, -0.2) is 9.38 Å². The van der Waals surface area contributed by atoms with Gasteiger partial charge in [-0.25, -0.2) is 4.98 Å². The molecule has 0 aliphatic rings. The summed E-state index contributed by atoms with van der Waals surface area (Å²) in [6.45, 7) is 2.09. The molecule has 4 heteroatoms. The third-order valence-electron chi connectivity index (χ3n) is 2.99. The molecule has 0 bridgehead atoms. The zero-order chi connectivity index (χ0) is 13.2. The van der Waals surface area contributed by atoms with E-state index < -0.39 is 0 Å². The van der Waals surface area contributed by atoms with Gasteiger partial charge in [-0.05, 0) is 42.8 Å². The van der Waals surface area contributed by atoms with Crippen molar-refractivity contribution in [2.75, 3.05) is 5.73 Å². The number of hydrogen-bond acceptors (Lipinski definition) is 3. The van der Waals surface area contributed by atoms with Gasteiger partial charge in [0.2, 0.25) is 0 Å². The molecule has 2 heterocycles. The van der Waals surface area contributed by atoms with Crippen LogP contribution in [-0.2, 0) is 5.75 Å². The van der Waals surface area contributed by atoms with Gasteiger partial charge in [-0.1, -0.05) is 6.07 Å². The molecule has 1 aromatic carbocycles. The van der Waals surface area contributed by atoms with Gasteiger partial charge in [0.05, 0.1) is 5.69 Å². The first kappa shape index (κ1) is 12.1. The fourth-order valence-electron chi connectivity index (χ4n) is 2.04. The number of benzene rings is 1. The molecule has 2 aromatic heterocycles. The second-order valence-electron chi connectivity index (χ2n) is 4.51. The Morgan fingerprint density at radius 2 is 2.16 bits per heavy atom. The van der Waals surface area contributed by atoms with Crippen LogP contribution in [0.25, 0.3) is 5.65 Å². The Balaban J connectivity index is 1.78. The molecule has 0 spiro atoms. The van der Waals surface area contributed by atoms with Crippen LogP contribution >= 0.6 is 11.8 Å². The van der Waals surface area contributed by atoms with Gasteiger partial charge in [0, 0.05) is 28.7 Å². The standard InChI is InChI=1S/C15H15N3S/c1-11-8-12(16)5-6-14(11)19-10-13-9-18-7-3-2-4-15(18)17-13/h2-9H,10,16H2,1H3. The molecule has 0 radical (unpaired) electrons. The van der Waals surface area contributed by atoms with Gasteiger partial charge in [-0.2, -0.15) is 0 Å². The quantitative estimate of drug-likeness (QED) is 0.584. The minimum Gasteiger partial charge on any atom is -0.399 e. The van der Waals surface area contributed by atoms with Crippen LogP contribution in [0.3, 0.4) is 0 Å². The van der Waals surface area contributed by atoms with Crippen LogP contribution in [0.15, 0.2) is 53.7 Å². The Morgan fingerprint density at radius 1 is 1.26 bits per heavy atom. The number of nitrogen functional groups attached to an aromatic ring is 1. The molecule has 0 aliphatic carbocycles. The highest BCUT2D eigenvalue weighted by atomic mass is 32.2. The van der Waals surface area contributed by atoms with Crippen molar-refractivity contribution < 1.29 is 0 Å². The monoisotopic (exact) mass is 269 g/mol. The maximum absolute atomic E-state index is 5.76. The minimum atomic E-state index is 0.814. The zero-order valence-corrected chi connectivity index (χ0v) is 11.5. The Labute approximate surface area is 116 Å². The van der Waals surface area contributed by atoms with Gasteiger partial charge < -0.3 is 10.1 Å². The van der Waals surface area contributed by atoms with Crippen molar-refractivity contribution in [3.8, 4) is 0 Å². The first-order valence-corrected chi connectivity index (χ1v) is 7.12. The SMILES string of the molecule is Cc1cc(N)ccc1SCc1cn2ccccc2n1. The third kappa shape index (κ3) is 2.58. The van der Waals surface area contributed by atoms with Crippen molar-refractivity contribution in [2.24, 2.45) is 0 Å². The lowest BCUT2D eigenvalue weighted by Gasteiger charge is -2.04. The Bertz CT molecular complexity index is 685. The van der Waals surface area contributed by atoms with E-state index in [-0.39, 0.29) is 0 Å². The predicted octanol–water partition coefficient (Wildman–Crippen LogP) is 3.52. The highest BCUT2D eigenvalue weighted by Crippen LogP contribution is 2.27. The van der Waals surface area contributed by atoms with E-state index in [2.05, 4.69) is 24.2 Å². The van der Waals surface area contributed by atoms with Crippen molar-refractivity contribution in [1.29, 1.82) is 0 Å². The van der Waals surface area contributed by atoms with E-state index in [0.717, 1.165) is 22.8 Å². The van der Waals surface area contributed by atoms with Crippen molar-refractivity contribution in [1.82, 2.24) is 9.38 Å². The number of pyridine rings is 1. The highest BCUT2D eigenvalue weighted by molar-refractivity contribution is 7.98. The number of fused-ring (bicyclic) bond motifs is 1. The first-order chi connectivity index (χ1) is 9.22. The lowest BCUT2D eigenvalue weighted by Crippen LogP contribution is -1.88. The fourth-order valence-corrected chi connectivity index (χ4v) is 2.94. The summed E-state index contributed by atoms with van der Waals surface area (Å²) in [6.07, 6.45) is 4.10. The number of nitrogens with zero attached hydrogens (tertiary/aromatic N) is 2. The molecule has 0 saturated heterocycles. The average Bonchev–Trinajstić information content (AvgIpc) is 2.80. The number of imidazole rings is 1. The molecule has 19 heavy (non-hydrogen) atoms. The maximum Gasteiger partial charge on any atom is 0.137 e. The van der Waals surface area contributed by atoms with E-state index in [1.54, 1.807) is 11.8 Å². The van der Waals surface area contributed by atoms with E-state index in [1.807, 2.05) is 40.9 Å². The van der Waals surface area contributed by atoms with Gasteiger partial charge in [0.25, 0.3) is 0 Å². The maximum atomic E-state index is 5.76. The summed E-state index contributed by atoms with van der Waals surface area (Å²) in [4.78, 5) is 5.85. The molecule has 0 atom stereocenters. The largest absolute Gasteiger partial charge is 0.399 e. The molecule has 0 unspecified atom stereocenters. The minimum absolute atomic E-state index is 0.814. The summed E-state index contributed by atoms with van der Waals surface area (Å²) in [5.74, 6) is 0.867. The highest BCUT2D eigenvalue weighted by Gasteiger charge is 2.04. The second-order valence-corrected chi connectivity index (χ2v) is 5.53. The summed E-state index contributed by atoms with van der Waals surface area (Å²) in [6, 6.07) is 12.1. The van der Waals surface area contributed by atoms with Crippen LogP contribution in [0.1, 0.15) is 11.3 Å². The van der Waals surface area contributed by atoms with E-state index in [4.69, 9.17) is 5.73 Å². The number of nitrogens with two attached hydrogens (primary N) is 1. The van der Waals surface area contributed by atoms with E-state index in [0.29, 0.717) is 0 Å². The van der Waals surface area contributed by atoms with E-state index in [9.17, 15) is 0 Å². The van der Waals surface area contributed by atoms with Gasteiger partial charge >= 0.3 is 0 Å². The number of aromatic nitrogens is 2. The Kier molecular flexibility index (Phi) is 3.17. The Morgan fingerprint density at radius 3 is 2.95 bits per heavy atom. The van der Waals surface area contributed by atoms with Crippen LogP contribution < -0.4 is 5.73 Å². The number of hydrogen-bond donors (Lipinski definition) is 1. The molecule has 2 N–H and O–H groups in total. The fraction of sp³-hybridized carbons (Fsp3) is 0.133. The molecule has 3 rings (SSSR count). The smallest absolute Gasteiger partial charge is 0.137 e. The van der Waals surface area contributed by atoms with Crippen LogP contribution in [0, 0.1) is 6.92 Å². The normalized spacial score (nSPS) is 11.0. The lowest BCUT2D eigenvalue weighted by atomic mass is 10.2. The topological polar surface area (TPSA) is 43.3 Å². The van der Waals surface area contributed by atoms with Crippen molar-refractivity contribution >= 4 is 23.1 Å². The van der Waals surface area contributed by atoms with Crippen LogP contribution in [0.4, 0.5) is 5.69 Å². The van der Waals surface area contributed by atoms with Gasteiger partial charge in [-0.3, -0.25) is 0 Å². The van der Waals surface area contributed by atoms with Gasteiger partial charge in [-0.15, -0.1) is 11.8 Å². The number of rotatable bonds is 3. The first-order valence-electron chi connectivity index (χ1n) is 6.14. The van der Waals surface area contributed by atoms with Gasteiger partial charge in [0.15, 0.2) is 0 Å². The van der Waals surface area contributed by atoms with E-state index >= 15 is 0 Å². The third-order valence-corrected chi connectivity index (χ3v) is 4.20. The number of anilines is 1. The van der Waals surface area contributed by atoms with Crippen molar-refractivity contribution in [3.05, 3.63) is 60.0 Å². The van der Waals surface area contributed by atoms with Crippen molar-refractivity contribution in [3.63, 3.8) is 0 Å². The number of aryl methyl sites for hydroxylation is 1. The summed E-state index contributed by atoms with van der Waals surface area (Å²) in [7, 11) is 0. The summed E-state index contributed by atoms with van der Waals surface area (Å²) < 4.78 is 2.05. The summed E-state index contributed by atoms with van der Waals surface area (Å²) >= 11 is 1.79. The Hall–Kier alpha value is -1.94. The molecule has 0 aliphatic heterocycles. The summed E-state index contributed by atoms with van der Waals surface area (Å²) in [5.41, 5.74) is 9.87. The molecule has 3 nitrogen and oxygen atoms in total. The molecular formula is C15H15N3S. The molecule has 0 fully saturated rings. The molecule has 0 amide bonds. The molecular weight excluding hydrogens is 254 g/mol. The van der Waals surface area contributed by atoms with Crippen LogP contribution in [0.5, 0.6) is 0 Å². The van der Waals surface area contributed by atoms with Crippen LogP contribution in [0.2, 0.25) is 0 Å². The molecule has 96 valence electrons. The van der Waals surface area contributed by atoms with Gasteiger partial charge in [0.1, 0.15) is 5.65 Å². The molecule has 0 saturated carbocycles. The predicted molar refractivity (Wildman–Crippen MR) is 80.3 cm³/mol. The lowest BCUT2D eigenvalue weighted by molar-refractivity contribution is 1.18. The van der Waals surface area contributed by atoms with Crippen molar-refractivity contribution in [2.45, 2.75) is 17.6 Å². The number of thioether (sulfide) groups is 1. The summed E-state index contributed by atoms with van der Waals surface area (Å²) in [5, 5.41) is 0.